The van der Waals surface area contributed by atoms with E-state index < -0.39 is 0 Å². The van der Waals surface area contributed by atoms with E-state index in [4.69, 9.17) is 5.26 Å². The normalized spacial score (nSPS) is 16.8. The van der Waals surface area contributed by atoms with Crippen molar-refractivity contribution in [2.75, 3.05) is 5.75 Å². The van der Waals surface area contributed by atoms with Gasteiger partial charge in [0.1, 0.15) is 0 Å². The zero-order chi connectivity index (χ0) is 16.2. The van der Waals surface area contributed by atoms with Crippen LogP contribution in [0.2, 0.25) is 0 Å². The van der Waals surface area contributed by atoms with Crippen LogP contribution in [0.25, 0.3) is 10.7 Å². The van der Waals surface area contributed by atoms with Crippen molar-refractivity contribution < 1.29 is 0 Å². The second-order valence-corrected chi connectivity index (χ2v) is 7.81. The molecule has 2 aromatic heterocycles. The third kappa shape index (κ3) is 3.36. The third-order valence-electron chi connectivity index (χ3n) is 4.28. The van der Waals surface area contributed by atoms with Crippen molar-refractivity contribution in [1.82, 2.24) is 14.8 Å². The van der Waals surface area contributed by atoms with Crippen molar-refractivity contribution in [3.05, 3.63) is 29.2 Å². The fraction of sp³-hybridized carbons (Fsp3) is 0.471. The minimum absolute atomic E-state index is 0.383. The molecule has 0 radical (unpaired) electrons. The molecule has 120 valence electrons. The van der Waals surface area contributed by atoms with E-state index in [1.807, 2.05) is 17.4 Å². The Balaban J connectivity index is 1.93. The van der Waals surface area contributed by atoms with E-state index in [0.29, 0.717) is 12.3 Å². The molecule has 0 amide bonds. The van der Waals surface area contributed by atoms with Gasteiger partial charge in [0.15, 0.2) is 11.0 Å². The molecule has 0 saturated carbocycles. The largest absolute Gasteiger partial charge is 0.297 e. The second kappa shape index (κ2) is 7.33. The van der Waals surface area contributed by atoms with Crippen molar-refractivity contribution in [2.24, 2.45) is 5.92 Å². The van der Waals surface area contributed by atoms with E-state index in [1.54, 1.807) is 0 Å². The van der Waals surface area contributed by atoms with Gasteiger partial charge in [-0.3, -0.25) is 4.57 Å². The summed E-state index contributed by atoms with van der Waals surface area (Å²) in [6, 6.07) is 4.44. The van der Waals surface area contributed by atoms with Gasteiger partial charge in [-0.15, -0.1) is 28.1 Å². The number of hydrogen-bond acceptors (Lipinski definition) is 5. The van der Waals surface area contributed by atoms with Crippen molar-refractivity contribution in [3.8, 4) is 16.8 Å². The lowest BCUT2D eigenvalue weighted by molar-refractivity contribution is 0.449. The second-order valence-electron chi connectivity index (χ2n) is 5.73. The molecule has 2 aromatic rings. The maximum absolute atomic E-state index is 8.78. The zero-order valence-electron chi connectivity index (χ0n) is 13.3. The molecule has 23 heavy (non-hydrogen) atoms. The molecular formula is C17H20N4S2. The summed E-state index contributed by atoms with van der Waals surface area (Å²) in [5, 5.41) is 18.2. The van der Waals surface area contributed by atoms with E-state index in [2.05, 4.69) is 40.4 Å². The molecule has 2 heterocycles. The predicted molar refractivity (Wildman–Crippen MR) is 95.7 cm³/mol. The maximum atomic E-state index is 8.78. The summed E-state index contributed by atoms with van der Waals surface area (Å²) in [5.74, 6) is 2.10. The van der Waals surface area contributed by atoms with Gasteiger partial charge >= 0.3 is 0 Å². The van der Waals surface area contributed by atoms with E-state index in [9.17, 15) is 0 Å². The fourth-order valence-electron chi connectivity index (χ4n) is 3.03. The summed E-state index contributed by atoms with van der Waals surface area (Å²) in [6.07, 6.45) is 6.78. The number of allylic oxidation sites excluding steroid dienone is 1. The number of fused-ring (bicyclic) bond motifs is 1. The number of rotatable bonds is 6. The van der Waals surface area contributed by atoms with Gasteiger partial charge in [-0.25, -0.2) is 0 Å². The summed E-state index contributed by atoms with van der Waals surface area (Å²) in [5.41, 5.74) is 1.49. The molecular weight excluding hydrogens is 324 g/mol. The number of thioether (sulfide) groups is 1. The lowest BCUT2D eigenvalue weighted by Gasteiger charge is -2.19. The molecule has 3 rings (SSSR count). The third-order valence-corrected chi connectivity index (χ3v) is 6.34. The lowest BCUT2D eigenvalue weighted by Crippen LogP contribution is -2.10. The van der Waals surface area contributed by atoms with Gasteiger partial charge in [0.05, 0.1) is 16.7 Å². The number of thiophene rings is 1. The van der Waals surface area contributed by atoms with Gasteiger partial charge in [-0.05, 0) is 36.8 Å². The minimum Gasteiger partial charge on any atom is -0.297 e. The van der Waals surface area contributed by atoms with Crippen LogP contribution in [0.15, 0.2) is 23.9 Å². The Morgan fingerprint density at radius 3 is 3.17 bits per heavy atom. The van der Waals surface area contributed by atoms with Gasteiger partial charge in [0.25, 0.3) is 0 Å². The van der Waals surface area contributed by atoms with Crippen LogP contribution in [0.5, 0.6) is 0 Å². The quantitative estimate of drug-likeness (QED) is 0.578. The zero-order valence-corrected chi connectivity index (χ0v) is 14.9. The molecule has 0 aromatic carbocycles. The van der Waals surface area contributed by atoms with E-state index in [0.717, 1.165) is 16.9 Å². The Morgan fingerprint density at radius 2 is 2.43 bits per heavy atom. The first-order valence-electron chi connectivity index (χ1n) is 7.92. The highest BCUT2D eigenvalue weighted by atomic mass is 32.2. The lowest BCUT2D eigenvalue weighted by atomic mass is 9.87. The summed E-state index contributed by atoms with van der Waals surface area (Å²) in [7, 11) is 0. The first kappa shape index (κ1) is 16.3. The van der Waals surface area contributed by atoms with Crippen LogP contribution in [0.3, 0.4) is 0 Å². The number of aromatic nitrogens is 3. The van der Waals surface area contributed by atoms with Gasteiger partial charge in [0.2, 0.25) is 0 Å². The Bertz CT molecular complexity index is 738. The SMILES string of the molecule is C=CCn1c(SCC#N)nnc1-c1cc2c(s1)CC[C@H](CC)C2. The van der Waals surface area contributed by atoms with Crippen LogP contribution < -0.4 is 0 Å². The first-order chi connectivity index (χ1) is 11.3. The van der Waals surface area contributed by atoms with Crippen molar-refractivity contribution >= 4 is 23.1 Å². The van der Waals surface area contributed by atoms with Crippen molar-refractivity contribution in [1.29, 1.82) is 5.26 Å². The van der Waals surface area contributed by atoms with Gasteiger partial charge in [-0.2, -0.15) is 5.26 Å². The van der Waals surface area contributed by atoms with Gasteiger partial charge < -0.3 is 0 Å². The fourth-order valence-corrected chi connectivity index (χ4v) is 4.84. The molecule has 1 aliphatic carbocycles. The predicted octanol–water partition coefficient (Wildman–Crippen LogP) is 4.32. The van der Waals surface area contributed by atoms with Crippen LogP contribution in [0.1, 0.15) is 30.2 Å². The Kier molecular flexibility index (Phi) is 5.19. The van der Waals surface area contributed by atoms with Crippen molar-refractivity contribution in [3.63, 3.8) is 0 Å². The molecule has 1 atom stereocenters. The van der Waals surface area contributed by atoms with Crippen molar-refractivity contribution in [2.45, 2.75) is 44.3 Å². The highest BCUT2D eigenvalue weighted by Gasteiger charge is 2.23. The molecule has 0 bridgehead atoms. The van der Waals surface area contributed by atoms with E-state index in [1.165, 1.54) is 52.8 Å². The van der Waals surface area contributed by atoms with Crippen LogP contribution in [0, 0.1) is 17.2 Å². The number of nitriles is 1. The van der Waals surface area contributed by atoms with Crippen LogP contribution in [0.4, 0.5) is 0 Å². The molecule has 0 saturated heterocycles. The molecule has 4 nitrogen and oxygen atoms in total. The van der Waals surface area contributed by atoms with Gasteiger partial charge in [0, 0.05) is 11.4 Å². The molecule has 0 N–H and O–H groups in total. The Morgan fingerprint density at radius 1 is 1.57 bits per heavy atom. The smallest absolute Gasteiger partial charge is 0.192 e. The molecule has 1 aliphatic rings. The average Bonchev–Trinajstić information content (AvgIpc) is 3.16. The van der Waals surface area contributed by atoms with E-state index in [-0.39, 0.29) is 0 Å². The summed E-state index contributed by atoms with van der Waals surface area (Å²) in [4.78, 5) is 2.69. The monoisotopic (exact) mass is 344 g/mol. The first-order valence-corrected chi connectivity index (χ1v) is 9.72. The Hall–Kier alpha value is -1.58. The molecule has 0 spiro atoms. The van der Waals surface area contributed by atoms with Crippen LogP contribution >= 0.6 is 23.1 Å². The number of nitrogens with zero attached hydrogens (tertiary/aromatic N) is 4. The molecule has 0 fully saturated rings. The Labute approximate surface area is 145 Å². The minimum atomic E-state index is 0.383. The highest BCUT2D eigenvalue weighted by molar-refractivity contribution is 7.99. The summed E-state index contributed by atoms with van der Waals surface area (Å²) < 4.78 is 2.06. The maximum Gasteiger partial charge on any atom is 0.192 e. The topological polar surface area (TPSA) is 54.5 Å². The average molecular weight is 345 g/mol. The highest BCUT2D eigenvalue weighted by Crippen LogP contribution is 2.38. The van der Waals surface area contributed by atoms with Crippen LogP contribution in [-0.4, -0.2) is 20.5 Å². The number of aryl methyl sites for hydroxylation is 1. The number of hydrogen-bond donors (Lipinski definition) is 0. The van der Waals surface area contributed by atoms with Crippen LogP contribution in [-0.2, 0) is 19.4 Å². The summed E-state index contributed by atoms with van der Waals surface area (Å²) >= 11 is 3.27. The van der Waals surface area contributed by atoms with Gasteiger partial charge in [-0.1, -0.05) is 31.2 Å². The molecule has 0 aliphatic heterocycles. The standard InChI is InChI=1S/C17H20N4S2/c1-3-8-21-16(19-20-17(21)22-9-7-18)15-11-13-10-12(4-2)5-6-14(13)23-15/h3,11-12H,1,4-6,8-10H2,2H3/t12-/m0/s1. The summed E-state index contributed by atoms with van der Waals surface area (Å²) in [6.45, 7) is 6.77. The molecule has 0 unspecified atom stereocenters. The molecule has 6 heteroatoms. The van der Waals surface area contributed by atoms with E-state index >= 15 is 0 Å².